The number of carbonyl (C=O) groups excluding carboxylic acids is 1. The molecule has 0 spiro atoms. The van der Waals surface area contributed by atoms with E-state index in [0.717, 1.165) is 27.8 Å². The lowest BCUT2D eigenvalue weighted by atomic mass is 9.88. The number of fused-ring (bicyclic) bond motifs is 1. The smallest absolute Gasteiger partial charge is 0.406 e. The molecule has 0 amide bonds. The number of benzene rings is 2. The van der Waals surface area contributed by atoms with Gasteiger partial charge in [-0.3, -0.25) is 4.79 Å². The molecule has 1 heterocycles. The maximum Gasteiger partial charge on any atom is 0.573 e. The number of carbonyl (C=O) groups is 1. The van der Waals surface area contributed by atoms with Gasteiger partial charge in [0, 0.05) is 27.8 Å². The Morgan fingerprint density at radius 3 is 2.31 bits per heavy atom. The van der Waals surface area contributed by atoms with Gasteiger partial charge in [-0.25, -0.2) is 0 Å². The SMILES string of the molecule is CC1CC(=O)c2cc(-c3ccc(Br)cc3)n(-c3ccc(OC(F)(F)F)cc3)c2C1. The second-order valence-corrected chi connectivity index (χ2v) is 8.13. The minimum absolute atomic E-state index is 0.0906. The molecule has 1 aliphatic rings. The van der Waals surface area contributed by atoms with Gasteiger partial charge in [0.05, 0.1) is 5.69 Å². The highest BCUT2D eigenvalue weighted by Crippen LogP contribution is 2.36. The Morgan fingerprint density at radius 1 is 1.03 bits per heavy atom. The fourth-order valence-electron chi connectivity index (χ4n) is 3.75. The van der Waals surface area contributed by atoms with Gasteiger partial charge in [-0.05, 0) is 60.4 Å². The minimum Gasteiger partial charge on any atom is -0.406 e. The van der Waals surface area contributed by atoms with Crippen LogP contribution in [0.15, 0.2) is 59.1 Å². The van der Waals surface area contributed by atoms with Crippen LogP contribution in [0.3, 0.4) is 0 Å². The molecule has 29 heavy (non-hydrogen) atoms. The number of rotatable bonds is 3. The van der Waals surface area contributed by atoms with Crippen LogP contribution in [0, 0.1) is 5.92 Å². The lowest BCUT2D eigenvalue weighted by Crippen LogP contribution is -2.19. The second kappa shape index (κ2) is 7.37. The monoisotopic (exact) mass is 463 g/mol. The van der Waals surface area contributed by atoms with E-state index in [-0.39, 0.29) is 17.5 Å². The summed E-state index contributed by atoms with van der Waals surface area (Å²) in [6.07, 6.45) is -3.52. The Kier molecular flexibility index (Phi) is 5.02. The van der Waals surface area contributed by atoms with E-state index in [1.54, 1.807) is 12.1 Å². The van der Waals surface area contributed by atoms with Crippen LogP contribution >= 0.6 is 15.9 Å². The zero-order chi connectivity index (χ0) is 20.8. The predicted octanol–water partition coefficient (Wildman–Crippen LogP) is 6.57. The van der Waals surface area contributed by atoms with E-state index < -0.39 is 6.36 Å². The average molecular weight is 464 g/mol. The van der Waals surface area contributed by atoms with E-state index in [2.05, 4.69) is 20.7 Å². The summed E-state index contributed by atoms with van der Waals surface area (Å²) in [5.74, 6) is 0.0130. The van der Waals surface area contributed by atoms with Crippen molar-refractivity contribution < 1.29 is 22.7 Å². The predicted molar refractivity (Wildman–Crippen MR) is 107 cm³/mol. The first kappa shape index (κ1) is 19.8. The van der Waals surface area contributed by atoms with E-state index in [4.69, 9.17) is 0 Å². The van der Waals surface area contributed by atoms with Gasteiger partial charge >= 0.3 is 6.36 Å². The summed E-state index contributed by atoms with van der Waals surface area (Å²) in [6.45, 7) is 2.03. The Hall–Kier alpha value is -2.54. The van der Waals surface area contributed by atoms with E-state index in [0.29, 0.717) is 17.7 Å². The summed E-state index contributed by atoms with van der Waals surface area (Å²) in [5, 5.41) is 0. The van der Waals surface area contributed by atoms with E-state index in [1.165, 1.54) is 12.1 Å². The van der Waals surface area contributed by atoms with Crippen LogP contribution in [-0.4, -0.2) is 16.7 Å². The van der Waals surface area contributed by atoms with Crippen LogP contribution < -0.4 is 4.74 Å². The van der Waals surface area contributed by atoms with Crippen molar-refractivity contribution in [3.63, 3.8) is 0 Å². The molecule has 0 radical (unpaired) electrons. The van der Waals surface area contributed by atoms with Crippen molar-refractivity contribution in [2.45, 2.75) is 26.1 Å². The number of nitrogens with zero attached hydrogens (tertiary/aromatic N) is 1. The molecule has 1 aliphatic carbocycles. The van der Waals surface area contributed by atoms with Crippen LogP contribution in [0.4, 0.5) is 13.2 Å². The first-order valence-electron chi connectivity index (χ1n) is 9.11. The van der Waals surface area contributed by atoms with Crippen molar-refractivity contribution >= 4 is 21.7 Å². The van der Waals surface area contributed by atoms with Gasteiger partial charge in [-0.1, -0.05) is 35.0 Å². The molecule has 0 saturated carbocycles. The molecule has 0 saturated heterocycles. The highest BCUT2D eigenvalue weighted by Gasteiger charge is 2.31. The van der Waals surface area contributed by atoms with Gasteiger partial charge in [0.2, 0.25) is 0 Å². The maximum atomic E-state index is 12.6. The lowest BCUT2D eigenvalue weighted by Gasteiger charge is -2.21. The molecule has 4 rings (SSSR count). The molecular formula is C22H17BrF3NO2. The molecule has 150 valence electrons. The highest BCUT2D eigenvalue weighted by molar-refractivity contribution is 9.10. The summed E-state index contributed by atoms with van der Waals surface area (Å²) < 4.78 is 44.3. The summed E-state index contributed by atoms with van der Waals surface area (Å²) in [7, 11) is 0. The number of hydrogen-bond acceptors (Lipinski definition) is 2. The normalized spacial score (nSPS) is 16.6. The molecule has 2 aromatic carbocycles. The molecule has 0 N–H and O–H groups in total. The van der Waals surface area contributed by atoms with Crippen molar-refractivity contribution in [3.8, 4) is 22.7 Å². The van der Waals surface area contributed by atoms with Crippen molar-refractivity contribution in [1.29, 1.82) is 0 Å². The third-order valence-electron chi connectivity index (χ3n) is 4.95. The van der Waals surface area contributed by atoms with Crippen LogP contribution in [0.25, 0.3) is 16.9 Å². The van der Waals surface area contributed by atoms with Crippen molar-refractivity contribution in [3.05, 3.63) is 70.3 Å². The molecular weight excluding hydrogens is 447 g/mol. The van der Waals surface area contributed by atoms with E-state index in [9.17, 15) is 18.0 Å². The van der Waals surface area contributed by atoms with Crippen LogP contribution in [-0.2, 0) is 6.42 Å². The molecule has 7 heteroatoms. The fourth-order valence-corrected chi connectivity index (χ4v) is 4.01. The van der Waals surface area contributed by atoms with Gasteiger partial charge in [-0.2, -0.15) is 0 Å². The van der Waals surface area contributed by atoms with Gasteiger partial charge < -0.3 is 9.30 Å². The standard InChI is InChI=1S/C22H17BrF3NO2/c1-13-10-20-18(21(28)11-13)12-19(14-2-4-15(23)5-3-14)27(20)16-6-8-17(9-7-16)29-22(24,25)26/h2-9,12-13H,10-11H2,1H3. The van der Waals surface area contributed by atoms with E-state index >= 15 is 0 Å². The first-order valence-corrected chi connectivity index (χ1v) is 9.90. The van der Waals surface area contributed by atoms with Crippen molar-refractivity contribution in [2.24, 2.45) is 5.92 Å². The minimum atomic E-state index is -4.74. The number of hydrogen-bond donors (Lipinski definition) is 0. The number of alkyl halides is 3. The molecule has 3 nitrogen and oxygen atoms in total. The quantitative estimate of drug-likeness (QED) is 0.439. The molecule has 3 aromatic rings. The number of aromatic nitrogens is 1. The molecule has 1 aromatic heterocycles. The third-order valence-corrected chi connectivity index (χ3v) is 5.48. The zero-order valence-electron chi connectivity index (χ0n) is 15.5. The lowest BCUT2D eigenvalue weighted by molar-refractivity contribution is -0.274. The van der Waals surface area contributed by atoms with Crippen LogP contribution in [0.2, 0.25) is 0 Å². The summed E-state index contributed by atoms with van der Waals surface area (Å²) >= 11 is 3.42. The molecule has 0 bridgehead atoms. The largest absolute Gasteiger partial charge is 0.573 e. The number of Topliss-reactive ketones (excluding diaryl/α,β-unsaturated/α-hetero) is 1. The maximum absolute atomic E-state index is 12.6. The molecule has 1 unspecified atom stereocenters. The zero-order valence-corrected chi connectivity index (χ0v) is 17.0. The third kappa shape index (κ3) is 4.10. The van der Waals surface area contributed by atoms with Gasteiger partial charge in [0.15, 0.2) is 5.78 Å². The Labute approximate surface area is 174 Å². The Balaban J connectivity index is 1.85. The number of ketones is 1. The highest BCUT2D eigenvalue weighted by atomic mass is 79.9. The van der Waals surface area contributed by atoms with Crippen molar-refractivity contribution in [1.82, 2.24) is 4.57 Å². The topological polar surface area (TPSA) is 31.2 Å². The fraction of sp³-hybridized carbons (Fsp3) is 0.227. The molecule has 0 fully saturated rings. The van der Waals surface area contributed by atoms with Crippen LogP contribution in [0.5, 0.6) is 5.75 Å². The summed E-state index contributed by atoms with van der Waals surface area (Å²) in [6, 6.07) is 15.3. The summed E-state index contributed by atoms with van der Waals surface area (Å²) in [4.78, 5) is 12.6. The number of ether oxygens (including phenoxy) is 1. The molecule has 0 aliphatic heterocycles. The van der Waals surface area contributed by atoms with Gasteiger partial charge in [0.1, 0.15) is 5.75 Å². The molecule has 1 atom stereocenters. The van der Waals surface area contributed by atoms with Crippen LogP contribution in [0.1, 0.15) is 29.4 Å². The van der Waals surface area contributed by atoms with Gasteiger partial charge in [-0.15, -0.1) is 13.2 Å². The van der Waals surface area contributed by atoms with E-state index in [1.807, 2.05) is 41.8 Å². The second-order valence-electron chi connectivity index (χ2n) is 7.21. The average Bonchev–Trinajstić information content (AvgIpc) is 3.01. The summed E-state index contributed by atoms with van der Waals surface area (Å²) in [5.41, 5.74) is 3.99. The Bertz CT molecular complexity index is 1050. The van der Waals surface area contributed by atoms with Gasteiger partial charge in [0.25, 0.3) is 0 Å². The Morgan fingerprint density at radius 2 is 1.69 bits per heavy atom. The van der Waals surface area contributed by atoms with Crippen molar-refractivity contribution in [2.75, 3.05) is 0 Å². The number of halogens is 4. The first-order chi connectivity index (χ1) is 13.7.